The lowest BCUT2D eigenvalue weighted by atomic mass is 10.0. The Labute approximate surface area is 184 Å². The Morgan fingerprint density at radius 2 is 1.97 bits per heavy atom. The SMILES string of the molecule is Cc1cc2cnn(-c3cccc(-c4nncn4C(C)C)n3)c(=O)c2cc1CCS(N)(=O)=O. The third-order valence-electron chi connectivity index (χ3n) is 5.21. The first-order valence-corrected chi connectivity index (χ1v) is 11.7. The maximum Gasteiger partial charge on any atom is 0.280 e. The number of nitrogens with two attached hydrogens (primary N) is 1. The lowest BCUT2D eigenvalue weighted by Gasteiger charge is -2.11. The predicted molar refractivity (Wildman–Crippen MR) is 121 cm³/mol. The summed E-state index contributed by atoms with van der Waals surface area (Å²) in [4.78, 5) is 17.8. The molecule has 3 heterocycles. The molecule has 0 amide bonds. The van der Waals surface area contributed by atoms with Crippen LogP contribution in [-0.4, -0.2) is 43.7 Å². The molecule has 0 radical (unpaired) electrons. The van der Waals surface area contributed by atoms with Crippen molar-refractivity contribution in [3.05, 3.63) is 64.3 Å². The number of hydrogen-bond donors (Lipinski definition) is 1. The zero-order chi connectivity index (χ0) is 23.0. The Balaban J connectivity index is 1.80. The number of rotatable bonds is 6. The van der Waals surface area contributed by atoms with Crippen LogP contribution in [0.3, 0.4) is 0 Å². The van der Waals surface area contributed by atoms with Gasteiger partial charge in [0.1, 0.15) is 12.0 Å². The molecule has 4 rings (SSSR count). The molecule has 11 heteroatoms. The van der Waals surface area contributed by atoms with E-state index in [1.807, 2.05) is 31.4 Å². The zero-order valence-electron chi connectivity index (χ0n) is 17.9. The molecule has 1 aromatic carbocycles. The summed E-state index contributed by atoms with van der Waals surface area (Å²) in [5.41, 5.74) is 1.83. The third-order valence-corrected chi connectivity index (χ3v) is 5.98. The summed E-state index contributed by atoms with van der Waals surface area (Å²) in [5, 5.41) is 18.7. The Hall–Kier alpha value is -3.44. The Bertz CT molecular complexity index is 1470. The molecule has 0 spiro atoms. The van der Waals surface area contributed by atoms with Crippen molar-refractivity contribution in [3.63, 3.8) is 0 Å². The fraction of sp³-hybridized carbons (Fsp3) is 0.286. The van der Waals surface area contributed by atoms with E-state index < -0.39 is 10.0 Å². The van der Waals surface area contributed by atoms with Crippen molar-refractivity contribution < 1.29 is 8.42 Å². The first-order valence-electron chi connectivity index (χ1n) is 10.0. The number of pyridine rings is 1. The van der Waals surface area contributed by atoms with Gasteiger partial charge in [0.05, 0.1) is 17.3 Å². The average molecular weight is 454 g/mol. The highest BCUT2D eigenvalue weighted by atomic mass is 32.2. The van der Waals surface area contributed by atoms with Crippen LogP contribution in [0, 0.1) is 6.92 Å². The first-order chi connectivity index (χ1) is 15.1. The normalized spacial score (nSPS) is 12.0. The van der Waals surface area contributed by atoms with E-state index in [4.69, 9.17) is 5.14 Å². The van der Waals surface area contributed by atoms with E-state index in [-0.39, 0.29) is 23.8 Å². The molecule has 0 aliphatic carbocycles. The minimum atomic E-state index is -3.61. The van der Waals surface area contributed by atoms with E-state index in [0.717, 1.165) is 11.1 Å². The second-order valence-electron chi connectivity index (χ2n) is 7.88. The van der Waals surface area contributed by atoms with Crippen LogP contribution in [-0.2, 0) is 16.4 Å². The summed E-state index contributed by atoms with van der Waals surface area (Å²) < 4.78 is 25.8. The summed E-state index contributed by atoms with van der Waals surface area (Å²) in [7, 11) is -3.61. The Kier molecular flexibility index (Phi) is 5.61. The average Bonchev–Trinajstić information content (AvgIpc) is 3.23. The first kappa shape index (κ1) is 21.8. The molecule has 4 aromatic rings. The second-order valence-corrected chi connectivity index (χ2v) is 9.62. The molecular weight excluding hydrogens is 430 g/mol. The molecule has 0 unspecified atom stereocenters. The molecule has 0 atom stereocenters. The maximum absolute atomic E-state index is 13.3. The van der Waals surface area contributed by atoms with Crippen LogP contribution in [0.4, 0.5) is 0 Å². The molecule has 0 aliphatic rings. The van der Waals surface area contributed by atoms with Gasteiger partial charge in [0.2, 0.25) is 10.0 Å². The van der Waals surface area contributed by atoms with Gasteiger partial charge in [0, 0.05) is 11.4 Å². The van der Waals surface area contributed by atoms with Crippen LogP contribution in [0.2, 0.25) is 0 Å². The Morgan fingerprint density at radius 3 is 2.69 bits per heavy atom. The number of benzene rings is 1. The third kappa shape index (κ3) is 4.30. The minimum Gasteiger partial charge on any atom is -0.310 e. The van der Waals surface area contributed by atoms with Crippen molar-refractivity contribution in [1.82, 2.24) is 29.5 Å². The monoisotopic (exact) mass is 453 g/mol. The van der Waals surface area contributed by atoms with E-state index in [9.17, 15) is 13.2 Å². The van der Waals surface area contributed by atoms with Crippen molar-refractivity contribution in [1.29, 1.82) is 0 Å². The van der Waals surface area contributed by atoms with Crippen LogP contribution >= 0.6 is 0 Å². The van der Waals surface area contributed by atoms with Gasteiger partial charge in [-0.25, -0.2) is 18.5 Å². The summed E-state index contributed by atoms with van der Waals surface area (Å²) in [6.45, 7) is 5.89. The molecule has 0 bridgehead atoms. The molecule has 0 saturated carbocycles. The maximum atomic E-state index is 13.3. The standard InChI is InChI=1S/C21H23N7O3S/c1-13(2)27-12-23-26-20(27)18-5-4-6-19(25-18)28-21(29)17-10-15(7-8-32(22,30)31)14(3)9-16(17)11-24-28/h4-6,9-13H,7-8H2,1-3H3,(H2,22,30,31). The van der Waals surface area contributed by atoms with Gasteiger partial charge < -0.3 is 4.57 Å². The van der Waals surface area contributed by atoms with Crippen LogP contribution < -0.4 is 10.7 Å². The summed E-state index contributed by atoms with van der Waals surface area (Å²) in [6, 6.07) is 8.94. The molecule has 2 N–H and O–H groups in total. The highest BCUT2D eigenvalue weighted by molar-refractivity contribution is 7.89. The summed E-state index contributed by atoms with van der Waals surface area (Å²) in [5.74, 6) is 0.745. The topological polar surface area (TPSA) is 139 Å². The van der Waals surface area contributed by atoms with E-state index in [2.05, 4.69) is 20.3 Å². The van der Waals surface area contributed by atoms with Crippen LogP contribution in [0.15, 0.2) is 47.7 Å². The van der Waals surface area contributed by atoms with Gasteiger partial charge in [-0.15, -0.1) is 10.2 Å². The number of aryl methyl sites for hydroxylation is 2. The van der Waals surface area contributed by atoms with Crippen molar-refractivity contribution in [3.8, 4) is 17.3 Å². The van der Waals surface area contributed by atoms with Gasteiger partial charge in [0.25, 0.3) is 5.56 Å². The van der Waals surface area contributed by atoms with Gasteiger partial charge in [-0.3, -0.25) is 4.79 Å². The molecule has 3 aromatic heterocycles. The summed E-state index contributed by atoms with van der Waals surface area (Å²) in [6.07, 6.45) is 3.46. The van der Waals surface area contributed by atoms with Crippen molar-refractivity contribution >= 4 is 20.8 Å². The number of sulfonamides is 1. The van der Waals surface area contributed by atoms with Gasteiger partial charge in [0.15, 0.2) is 11.6 Å². The van der Waals surface area contributed by atoms with Crippen LogP contribution in [0.5, 0.6) is 0 Å². The zero-order valence-corrected chi connectivity index (χ0v) is 18.7. The van der Waals surface area contributed by atoms with E-state index >= 15 is 0 Å². The predicted octanol–water partition coefficient (Wildman–Crippen LogP) is 1.76. The van der Waals surface area contributed by atoms with Crippen molar-refractivity contribution in [2.45, 2.75) is 33.2 Å². The summed E-state index contributed by atoms with van der Waals surface area (Å²) >= 11 is 0. The Morgan fingerprint density at radius 1 is 1.19 bits per heavy atom. The molecule has 10 nitrogen and oxygen atoms in total. The lowest BCUT2D eigenvalue weighted by Crippen LogP contribution is -2.23. The number of aromatic nitrogens is 6. The molecule has 0 aliphatic heterocycles. The van der Waals surface area contributed by atoms with Crippen LogP contribution in [0.25, 0.3) is 28.1 Å². The smallest absolute Gasteiger partial charge is 0.280 e. The molecule has 32 heavy (non-hydrogen) atoms. The molecular formula is C21H23N7O3S. The number of hydrogen-bond acceptors (Lipinski definition) is 7. The molecule has 166 valence electrons. The number of nitrogens with zero attached hydrogens (tertiary/aromatic N) is 6. The number of primary sulfonamides is 1. The fourth-order valence-corrected chi connectivity index (χ4v) is 4.01. The van der Waals surface area contributed by atoms with Gasteiger partial charge >= 0.3 is 0 Å². The van der Waals surface area contributed by atoms with Gasteiger partial charge in [-0.05, 0) is 62.6 Å². The van der Waals surface area contributed by atoms with E-state index in [1.54, 1.807) is 36.8 Å². The van der Waals surface area contributed by atoms with Gasteiger partial charge in [-0.2, -0.15) is 9.78 Å². The largest absolute Gasteiger partial charge is 0.310 e. The van der Waals surface area contributed by atoms with E-state index in [0.29, 0.717) is 28.1 Å². The highest BCUT2D eigenvalue weighted by Gasteiger charge is 2.15. The molecule has 0 saturated heterocycles. The quantitative estimate of drug-likeness (QED) is 0.469. The van der Waals surface area contributed by atoms with Crippen molar-refractivity contribution in [2.75, 3.05) is 5.75 Å². The van der Waals surface area contributed by atoms with E-state index in [1.165, 1.54) is 4.68 Å². The minimum absolute atomic E-state index is 0.144. The fourth-order valence-electron chi connectivity index (χ4n) is 3.51. The van der Waals surface area contributed by atoms with Crippen LogP contribution in [0.1, 0.15) is 31.0 Å². The molecule has 0 fully saturated rings. The number of fused-ring (bicyclic) bond motifs is 1. The highest BCUT2D eigenvalue weighted by Crippen LogP contribution is 2.20. The van der Waals surface area contributed by atoms with Gasteiger partial charge in [-0.1, -0.05) is 6.07 Å². The van der Waals surface area contributed by atoms with Crippen molar-refractivity contribution in [2.24, 2.45) is 5.14 Å². The second kappa shape index (κ2) is 8.24. The lowest BCUT2D eigenvalue weighted by molar-refractivity contribution is 0.597.